The van der Waals surface area contributed by atoms with E-state index in [2.05, 4.69) is 22.4 Å². The Morgan fingerprint density at radius 1 is 0.947 bits per heavy atom. The summed E-state index contributed by atoms with van der Waals surface area (Å²) in [6.45, 7) is 2.96. The van der Waals surface area contributed by atoms with Crippen molar-refractivity contribution in [2.24, 2.45) is 0 Å². The van der Waals surface area contributed by atoms with Gasteiger partial charge in [-0.05, 0) is 67.5 Å². The van der Waals surface area contributed by atoms with E-state index in [4.69, 9.17) is 4.74 Å². The number of aromatic nitrogens is 2. The second-order valence-electron chi connectivity index (χ2n) is 9.64. The van der Waals surface area contributed by atoms with Crippen LogP contribution >= 0.6 is 0 Å². The minimum Gasteiger partial charge on any atom is -0.508 e. The molecule has 0 saturated heterocycles. The highest BCUT2D eigenvalue weighted by molar-refractivity contribution is 5.36. The predicted octanol–water partition coefficient (Wildman–Crippen LogP) is 3.35. The molecular weight excluding hydrogens is 486 g/mol. The smallest absolute Gasteiger partial charge is 0.328 e. The third kappa shape index (κ3) is 9.98. The van der Waals surface area contributed by atoms with Gasteiger partial charge >= 0.3 is 5.69 Å². The first-order chi connectivity index (χ1) is 18.5. The molecule has 1 atom stereocenters. The maximum atomic E-state index is 11.7. The van der Waals surface area contributed by atoms with E-state index < -0.39 is 6.10 Å². The number of nitrogens with one attached hydrogen (secondary N) is 2. The van der Waals surface area contributed by atoms with E-state index in [1.165, 1.54) is 22.4 Å². The Balaban J connectivity index is 1.16. The summed E-state index contributed by atoms with van der Waals surface area (Å²) in [5, 5.41) is 41.8. The number of unbranched alkanes of at least 4 members (excludes halogenated alkanes) is 4. The van der Waals surface area contributed by atoms with Gasteiger partial charge in [0, 0.05) is 25.3 Å². The minimum atomic E-state index is -0.677. The molecule has 3 rings (SSSR count). The molecule has 1 heterocycles. The molecule has 0 saturated carbocycles. The Hall–Kier alpha value is -3.11. The molecular formula is C29H41N3O6. The van der Waals surface area contributed by atoms with Crippen LogP contribution in [0.1, 0.15) is 66.9 Å². The van der Waals surface area contributed by atoms with E-state index in [0.717, 1.165) is 70.3 Å². The Labute approximate surface area is 223 Å². The summed E-state index contributed by atoms with van der Waals surface area (Å²) in [5.74, 6) is -0.0871. The summed E-state index contributed by atoms with van der Waals surface area (Å²) in [5.41, 5.74) is 3.04. The van der Waals surface area contributed by atoms with E-state index >= 15 is 0 Å². The van der Waals surface area contributed by atoms with Gasteiger partial charge in [0.25, 0.3) is 0 Å². The molecule has 0 radical (unpaired) electrons. The van der Waals surface area contributed by atoms with Crippen molar-refractivity contribution in [2.45, 2.75) is 64.2 Å². The van der Waals surface area contributed by atoms with Gasteiger partial charge < -0.3 is 30.5 Å². The van der Waals surface area contributed by atoms with Crippen molar-refractivity contribution >= 4 is 0 Å². The van der Waals surface area contributed by atoms with Crippen LogP contribution in [0.15, 0.2) is 53.5 Å². The molecule has 0 fully saturated rings. The molecule has 3 aromatic rings. The van der Waals surface area contributed by atoms with Gasteiger partial charge in [-0.2, -0.15) is 0 Å². The van der Waals surface area contributed by atoms with Crippen molar-refractivity contribution < 1.29 is 25.2 Å². The number of H-pyrrole nitrogens is 1. The van der Waals surface area contributed by atoms with Crippen molar-refractivity contribution in [3.8, 4) is 11.6 Å². The van der Waals surface area contributed by atoms with E-state index in [0.29, 0.717) is 24.2 Å². The van der Waals surface area contributed by atoms with Gasteiger partial charge in [-0.3, -0.25) is 9.55 Å². The highest BCUT2D eigenvalue weighted by Gasteiger charge is 2.10. The van der Waals surface area contributed by atoms with Crippen LogP contribution in [0.5, 0.6) is 11.6 Å². The molecule has 0 aliphatic carbocycles. The zero-order chi connectivity index (χ0) is 27.2. The van der Waals surface area contributed by atoms with Crippen LogP contribution in [0, 0.1) is 0 Å². The van der Waals surface area contributed by atoms with Gasteiger partial charge in [0.05, 0.1) is 25.5 Å². The molecule has 0 aliphatic rings. The number of aliphatic hydroxyl groups is 2. The Bertz CT molecular complexity index is 1160. The Kier molecular flexibility index (Phi) is 12.4. The molecule has 38 heavy (non-hydrogen) atoms. The molecule has 9 nitrogen and oxygen atoms in total. The lowest BCUT2D eigenvalue weighted by molar-refractivity contribution is 0.126. The fraction of sp³-hybridized carbons (Fsp3) is 0.483. The third-order valence-corrected chi connectivity index (χ3v) is 6.51. The molecule has 208 valence electrons. The van der Waals surface area contributed by atoms with Gasteiger partial charge in [-0.25, -0.2) is 4.79 Å². The first-order valence-electron chi connectivity index (χ1n) is 13.4. The molecule has 2 aromatic carbocycles. The second-order valence-corrected chi connectivity index (χ2v) is 9.64. The SMILES string of the molecule is O=c1[nH]c(O)cn1Cc1cccc(CCCCOCCCCCCNC[C@H](O)c2ccc(O)c(CO)c2)c1. The van der Waals surface area contributed by atoms with E-state index in [1.54, 1.807) is 12.1 Å². The molecule has 6 N–H and O–H groups in total. The third-order valence-electron chi connectivity index (χ3n) is 6.51. The molecule has 0 aliphatic heterocycles. The number of ether oxygens (including phenoxy) is 1. The largest absolute Gasteiger partial charge is 0.508 e. The lowest BCUT2D eigenvalue weighted by Crippen LogP contribution is -2.22. The van der Waals surface area contributed by atoms with Gasteiger partial charge in [0.1, 0.15) is 5.75 Å². The van der Waals surface area contributed by atoms with Crippen LogP contribution < -0.4 is 11.0 Å². The van der Waals surface area contributed by atoms with Crippen LogP contribution in [0.4, 0.5) is 0 Å². The number of aromatic hydroxyl groups is 2. The standard InChI is InChI=1S/C29H41N3O6/c33-21-25-17-24(11-12-26(25)34)27(35)18-30-13-4-1-2-5-14-38-15-6-3-8-22-9-7-10-23(16-22)19-32-20-28(36)31-29(32)37/h7,9-12,16-17,20,27,30,33-36H,1-6,8,13-15,18-19,21H2,(H,31,37)/t27-/m0/s1. The van der Waals surface area contributed by atoms with Crippen molar-refractivity contribution in [3.63, 3.8) is 0 Å². The number of benzene rings is 2. The van der Waals surface area contributed by atoms with Crippen molar-refractivity contribution in [1.29, 1.82) is 0 Å². The van der Waals surface area contributed by atoms with Crippen LogP contribution in [0.2, 0.25) is 0 Å². The van der Waals surface area contributed by atoms with Gasteiger partial charge in [0.15, 0.2) is 0 Å². The predicted molar refractivity (Wildman–Crippen MR) is 146 cm³/mol. The molecule has 1 aromatic heterocycles. The quantitative estimate of drug-likeness (QED) is 0.139. The van der Waals surface area contributed by atoms with E-state index in [9.17, 15) is 25.2 Å². The topological polar surface area (TPSA) is 140 Å². The Morgan fingerprint density at radius 3 is 2.47 bits per heavy atom. The normalized spacial score (nSPS) is 12.2. The lowest BCUT2D eigenvalue weighted by Gasteiger charge is -2.14. The number of nitrogens with zero attached hydrogens (tertiary/aromatic N) is 1. The number of phenols is 1. The highest BCUT2D eigenvalue weighted by atomic mass is 16.5. The van der Waals surface area contributed by atoms with Crippen molar-refractivity contribution in [1.82, 2.24) is 14.9 Å². The molecule has 0 spiro atoms. The Morgan fingerprint density at radius 2 is 1.71 bits per heavy atom. The van der Waals surface area contributed by atoms with Crippen LogP contribution in [0.25, 0.3) is 0 Å². The number of rotatable bonds is 18. The fourth-order valence-electron chi connectivity index (χ4n) is 4.36. The number of hydrogen-bond acceptors (Lipinski definition) is 7. The second kappa shape index (κ2) is 16.0. The van der Waals surface area contributed by atoms with Gasteiger partial charge in [-0.1, -0.05) is 43.2 Å². The van der Waals surface area contributed by atoms with Crippen molar-refractivity contribution in [2.75, 3.05) is 26.3 Å². The summed E-state index contributed by atoms with van der Waals surface area (Å²) in [6.07, 6.45) is 8.01. The van der Waals surface area contributed by atoms with Crippen LogP contribution in [-0.4, -0.2) is 56.3 Å². The zero-order valence-electron chi connectivity index (χ0n) is 21.9. The van der Waals surface area contributed by atoms with Crippen molar-refractivity contribution in [3.05, 3.63) is 81.4 Å². The number of aryl methyl sites for hydroxylation is 1. The summed E-state index contributed by atoms with van der Waals surface area (Å²) in [6, 6.07) is 13.0. The highest BCUT2D eigenvalue weighted by Crippen LogP contribution is 2.22. The summed E-state index contributed by atoms with van der Waals surface area (Å²) >= 11 is 0. The molecule has 9 heteroatoms. The average Bonchev–Trinajstić information content (AvgIpc) is 3.23. The van der Waals surface area contributed by atoms with E-state index in [1.807, 2.05) is 12.1 Å². The number of hydrogen-bond donors (Lipinski definition) is 6. The maximum absolute atomic E-state index is 11.7. The number of imidazole rings is 1. The average molecular weight is 528 g/mol. The lowest BCUT2D eigenvalue weighted by atomic mass is 10.1. The number of aliphatic hydroxyl groups excluding tert-OH is 2. The summed E-state index contributed by atoms with van der Waals surface area (Å²) < 4.78 is 7.23. The fourth-order valence-corrected chi connectivity index (χ4v) is 4.36. The first kappa shape index (κ1) is 29.4. The zero-order valence-corrected chi connectivity index (χ0v) is 21.9. The maximum Gasteiger partial charge on any atom is 0.328 e. The van der Waals surface area contributed by atoms with Gasteiger partial charge in [0.2, 0.25) is 5.88 Å². The summed E-state index contributed by atoms with van der Waals surface area (Å²) in [4.78, 5) is 14.1. The first-order valence-corrected chi connectivity index (χ1v) is 13.4. The van der Waals surface area contributed by atoms with Crippen LogP contribution in [-0.2, 0) is 24.3 Å². The number of aromatic amines is 1. The molecule has 0 amide bonds. The van der Waals surface area contributed by atoms with Gasteiger partial charge in [-0.15, -0.1) is 0 Å². The molecule has 0 unspecified atom stereocenters. The van der Waals surface area contributed by atoms with Crippen LogP contribution in [0.3, 0.4) is 0 Å². The monoisotopic (exact) mass is 527 g/mol. The molecule has 0 bridgehead atoms. The van der Waals surface area contributed by atoms with E-state index in [-0.39, 0.29) is 23.9 Å². The minimum absolute atomic E-state index is 0.0369. The summed E-state index contributed by atoms with van der Waals surface area (Å²) in [7, 11) is 0.